The number of rotatable bonds is 6. The average molecular weight is 459 g/mol. The van der Waals surface area contributed by atoms with Crippen LogP contribution in [0.1, 0.15) is 77.0 Å². The van der Waals surface area contributed by atoms with Crippen LogP contribution in [0.4, 0.5) is 0 Å². The van der Waals surface area contributed by atoms with Crippen LogP contribution in [0, 0.1) is 0 Å². The highest BCUT2D eigenvalue weighted by atomic mass is 16.4. The predicted octanol–water partition coefficient (Wildman–Crippen LogP) is 2.36. The molecule has 0 aromatic heterocycles. The highest BCUT2D eigenvalue weighted by Gasteiger charge is 2.33. The SMILES string of the molecule is O=C(O)C(C(=O)O)N1CCCCCCCCCCCCN(C(C(=O)O)C(=O)O)CCCC1. The molecule has 1 aliphatic rings. The van der Waals surface area contributed by atoms with Gasteiger partial charge in [-0.3, -0.25) is 9.80 Å². The Morgan fingerprint density at radius 2 is 0.594 bits per heavy atom. The number of carboxylic acid groups (broad SMARTS) is 4. The maximum Gasteiger partial charge on any atom is 0.332 e. The third kappa shape index (κ3) is 10.4. The lowest BCUT2D eigenvalue weighted by molar-refractivity contribution is -0.159. The Kier molecular flexibility index (Phi) is 13.5. The zero-order chi connectivity index (χ0) is 23.9. The molecule has 0 unspecified atom stereocenters. The molecule has 1 aliphatic heterocycles. The van der Waals surface area contributed by atoms with Gasteiger partial charge in [-0.1, -0.05) is 51.4 Å². The van der Waals surface area contributed by atoms with E-state index in [9.17, 15) is 39.6 Å². The first-order chi connectivity index (χ1) is 15.3. The summed E-state index contributed by atoms with van der Waals surface area (Å²) >= 11 is 0. The molecule has 1 saturated heterocycles. The quantitative estimate of drug-likeness (QED) is 0.436. The van der Waals surface area contributed by atoms with Gasteiger partial charge in [0, 0.05) is 0 Å². The number of aliphatic carboxylic acids is 4. The minimum Gasteiger partial charge on any atom is -0.480 e. The van der Waals surface area contributed by atoms with Gasteiger partial charge in [0.25, 0.3) is 0 Å². The molecule has 10 heteroatoms. The van der Waals surface area contributed by atoms with Gasteiger partial charge in [-0.25, -0.2) is 19.2 Å². The van der Waals surface area contributed by atoms with E-state index in [-0.39, 0.29) is 13.1 Å². The van der Waals surface area contributed by atoms with Crippen molar-refractivity contribution in [3.05, 3.63) is 0 Å². The molecule has 0 aromatic carbocycles. The normalized spacial score (nSPS) is 19.8. The van der Waals surface area contributed by atoms with Gasteiger partial charge in [-0.2, -0.15) is 0 Å². The third-order valence-corrected chi connectivity index (χ3v) is 5.95. The number of hydrogen-bond donors (Lipinski definition) is 4. The Balaban J connectivity index is 2.86. The average Bonchev–Trinajstić information content (AvgIpc) is 2.69. The number of carboxylic acids is 4. The second kappa shape index (κ2) is 15.6. The molecule has 0 bridgehead atoms. The van der Waals surface area contributed by atoms with Gasteiger partial charge in [0.1, 0.15) is 0 Å². The molecule has 4 N–H and O–H groups in total. The Hall–Kier alpha value is -2.20. The fourth-order valence-corrected chi connectivity index (χ4v) is 4.25. The van der Waals surface area contributed by atoms with Crippen molar-refractivity contribution < 1.29 is 39.6 Å². The summed E-state index contributed by atoms with van der Waals surface area (Å²) in [4.78, 5) is 48.9. The van der Waals surface area contributed by atoms with Crippen LogP contribution in [-0.4, -0.2) is 92.4 Å². The van der Waals surface area contributed by atoms with Crippen molar-refractivity contribution >= 4 is 23.9 Å². The topological polar surface area (TPSA) is 156 Å². The fourth-order valence-electron chi connectivity index (χ4n) is 4.25. The first-order valence-corrected chi connectivity index (χ1v) is 11.6. The highest BCUT2D eigenvalue weighted by molar-refractivity contribution is 5.97. The summed E-state index contributed by atoms with van der Waals surface area (Å²) in [5.41, 5.74) is 0. The first kappa shape index (κ1) is 27.8. The summed E-state index contributed by atoms with van der Waals surface area (Å²) < 4.78 is 0. The van der Waals surface area contributed by atoms with Crippen molar-refractivity contribution in [3.8, 4) is 0 Å². The second-order valence-electron chi connectivity index (χ2n) is 8.47. The van der Waals surface area contributed by atoms with Crippen LogP contribution in [0.2, 0.25) is 0 Å². The molecule has 0 radical (unpaired) electrons. The van der Waals surface area contributed by atoms with E-state index in [1.165, 1.54) is 9.80 Å². The number of nitrogens with zero attached hydrogens (tertiary/aromatic N) is 2. The van der Waals surface area contributed by atoms with E-state index in [4.69, 9.17) is 0 Å². The fraction of sp³-hybridized carbons (Fsp3) is 0.818. The summed E-state index contributed by atoms with van der Waals surface area (Å²) in [6, 6.07) is -3.25. The molecular formula is C22H38N2O8. The molecule has 0 atom stereocenters. The maximum atomic E-state index is 11.5. The van der Waals surface area contributed by atoms with Gasteiger partial charge >= 0.3 is 23.9 Å². The third-order valence-electron chi connectivity index (χ3n) is 5.95. The van der Waals surface area contributed by atoms with Gasteiger partial charge in [0.05, 0.1) is 0 Å². The summed E-state index contributed by atoms with van der Waals surface area (Å²) in [6.45, 7) is 1.20. The van der Waals surface area contributed by atoms with E-state index < -0.39 is 36.0 Å². The Morgan fingerprint density at radius 1 is 0.406 bits per heavy atom. The second-order valence-corrected chi connectivity index (χ2v) is 8.47. The van der Waals surface area contributed by atoms with Gasteiger partial charge in [-0.15, -0.1) is 0 Å². The summed E-state index contributed by atoms with van der Waals surface area (Å²) in [5, 5.41) is 37.5. The zero-order valence-corrected chi connectivity index (χ0v) is 18.8. The minimum absolute atomic E-state index is 0.238. The Labute approximate surface area is 189 Å². The van der Waals surface area contributed by atoms with Gasteiger partial charge < -0.3 is 20.4 Å². The summed E-state index contributed by atoms with van der Waals surface area (Å²) in [5.74, 6) is -5.62. The molecular weight excluding hydrogens is 420 g/mol. The van der Waals surface area contributed by atoms with Crippen LogP contribution in [-0.2, 0) is 19.2 Å². The van der Waals surface area contributed by atoms with Crippen molar-refractivity contribution in [2.24, 2.45) is 0 Å². The first-order valence-electron chi connectivity index (χ1n) is 11.6. The Morgan fingerprint density at radius 3 is 0.812 bits per heavy atom. The highest BCUT2D eigenvalue weighted by Crippen LogP contribution is 2.15. The van der Waals surface area contributed by atoms with Crippen molar-refractivity contribution in [3.63, 3.8) is 0 Å². The van der Waals surface area contributed by atoms with E-state index in [1.807, 2.05) is 0 Å². The van der Waals surface area contributed by atoms with Crippen molar-refractivity contribution in [1.29, 1.82) is 0 Å². The maximum absolute atomic E-state index is 11.5. The van der Waals surface area contributed by atoms with Crippen LogP contribution in [0.3, 0.4) is 0 Å². The smallest absolute Gasteiger partial charge is 0.332 e. The predicted molar refractivity (Wildman–Crippen MR) is 117 cm³/mol. The molecule has 1 rings (SSSR count). The van der Waals surface area contributed by atoms with E-state index in [2.05, 4.69) is 0 Å². The summed E-state index contributed by atoms with van der Waals surface area (Å²) in [7, 11) is 0. The molecule has 1 fully saturated rings. The van der Waals surface area contributed by atoms with Crippen LogP contribution < -0.4 is 0 Å². The molecule has 0 saturated carbocycles. The molecule has 0 spiro atoms. The zero-order valence-electron chi connectivity index (χ0n) is 18.8. The van der Waals surface area contributed by atoms with E-state index in [0.717, 1.165) is 51.4 Å². The lowest BCUT2D eigenvalue weighted by Gasteiger charge is -2.28. The van der Waals surface area contributed by atoms with Gasteiger partial charge in [-0.05, 0) is 51.9 Å². The molecule has 32 heavy (non-hydrogen) atoms. The van der Waals surface area contributed by atoms with Crippen LogP contribution in [0.15, 0.2) is 0 Å². The molecule has 0 aromatic rings. The standard InChI is InChI=1S/C22H38N2O8/c25-19(26)17(20(27)28)23-13-9-7-5-3-1-2-4-6-8-10-14-24(16-12-11-15-23)18(21(29)30)22(31)32/h17-18H,1-16H2,(H,25,26)(H,27,28)(H,29,30)(H,31,32). The molecule has 1 heterocycles. The molecule has 184 valence electrons. The molecule has 0 aliphatic carbocycles. The van der Waals surface area contributed by atoms with Gasteiger partial charge in [0.2, 0.25) is 12.1 Å². The van der Waals surface area contributed by atoms with Crippen molar-refractivity contribution in [2.45, 2.75) is 89.1 Å². The molecule has 0 amide bonds. The lowest BCUT2D eigenvalue weighted by atomic mass is 10.1. The number of hydrogen-bond acceptors (Lipinski definition) is 6. The van der Waals surface area contributed by atoms with E-state index in [0.29, 0.717) is 38.8 Å². The van der Waals surface area contributed by atoms with Gasteiger partial charge in [0.15, 0.2) is 0 Å². The number of carbonyl (C=O) groups is 4. The van der Waals surface area contributed by atoms with Crippen LogP contribution >= 0.6 is 0 Å². The lowest BCUT2D eigenvalue weighted by Crippen LogP contribution is -2.48. The van der Waals surface area contributed by atoms with Crippen LogP contribution in [0.25, 0.3) is 0 Å². The Bertz CT molecular complexity index is 533. The van der Waals surface area contributed by atoms with E-state index >= 15 is 0 Å². The van der Waals surface area contributed by atoms with Crippen molar-refractivity contribution in [2.75, 3.05) is 26.2 Å². The van der Waals surface area contributed by atoms with Crippen molar-refractivity contribution in [1.82, 2.24) is 9.80 Å². The van der Waals surface area contributed by atoms with Crippen LogP contribution in [0.5, 0.6) is 0 Å². The molecule has 10 nitrogen and oxygen atoms in total. The summed E-state index contributed by atoms with van der Waals surface area (Å²) in [6.07, 6.45) is 10.6. The minimum atomic E-state index is -1.62. The van der Waals surface area contributed by atoms with E-state index in [1.54, 1.807) is 0 Å². The monoisotopic (exact) mass is 458 g/mol. The largest absolute Gasteiger partial charge is 0.480 e.